The molecule has 1 unspecified atom stereocenters. The molecule has 2 aromatic rings. The van der Waals surface area contributed by atoms with Gasteiger partial charge in [0.2, 0.25) is 11.8 Å². The molecule has 0 radical (unpaired) electrons. The van der Waals surface area contributed by atoms with E-state index in [0.717, 1.165) is 30.0 Å². The minimum absolute atomic E-state index is 0.0201. The molecule has 0 bridgehead atoms. The molecule has 6 nitrogen and oxygen atoms in total. The Morgan fingerprint density at radius 2 is 2.00 bits per heavy atom. The number of fused-ring (bicyclic) bond motifs is 1. The van der Waals surface area contributed by atoms with Crippen molar-refractivity contribution >= 4 is 40.5 Å². The van der Waals surface area contributed by atoms with Gasteiger partial charge in [0.25, 0.3) is 0 Å². The maximum atomic E-state index is 12.6. The highest BCUT2D eigenvalue weighted by Gasteiger charge is 2.26. The van der Waals surface area contributed by atoms with Crippen molar-refractivity contribution in [2.24, 2.45) is 5.92 Å². The maximum absolute atomic E-state index is 12.6. The van der Waals surface area contributed by atoms with Crippen molar-refractivity contribution in [3.8, 4) is 0 Å². The zero-order chi connectivity index (χ0) is 20.2. The number of morpholine rings is 1. The number of para-hydroxylation sites is 1. The quantitative estimate of drug-likeness (QED) is 0.784. The highest BCUT2D eigenvalue weighted by molar-refractivity contribution is 6.31. The molecule has 2 aliphatic heterocycles. The van der Waals surface area contributed by atoms with Crippen LogP contribution in [0.15, 0.2) is 42.5 Å². The number of carbonyl (C=O) groups excluding carboxylic acids is 2. The number of amides is 2. The Labute approximate surface area is 175 Å². The molecule has 0 aliphatic carbocycles. The van der Waals surface area contributed by atoms with Crippen LogP contribution >= 0.6 is 11.6 Å². The summed E-state index contributed by atoms with van der Waals surface area (Å²) in [7, 11) is 0. The lowest BCUT2D eigenvalue weighted by Crippen LogP contribution is -2.36. The van der Waals surface area contributed by atoms with Crippen molar-refractivity contribution < 1.29 is 14.3 Å². The van der Waals surface area contributed by atoms with Gasteiger partial charge in [0.05, 0.1) is 24.6 Å². The second-order valence-electron chi connectivity index (χ2n) is 7.40. The summed E-state index contributed by atoms with van der Waals surface area (Å²) in [6, 6.07) is 13.3. The number of ether oxygens (including phenoxy) is 1. The minimum Gasteiger partial charge on any atom is -0.378 e. The van der Waals surface area contributed by atoms with Crippen LogP contribution in [0.4, 0.5) is 17.1 Å². The van der Waals surface area contributed by atoms with Crippen molar-refractivity contribution in [3.05, 3.63) is 53.1 Å². The fourth-order valence-electron chi connectivity index (χ4n) is 3.85. The number of anilines is 3. The molecule has 1 saturated heterocycles. The van der Waals surface area contributed by atoms with Crippen molar-refractivity contribution in [1.82, 2.24) is 0 Å². The normalized spacial score (nSPS) is 18.7. The molecule has 2 N–H and O–H groups in total. The lowest BCUT2D eigenvalue weighted by atomic mass is 9.89. The monoisotopic (exact) mass is 413 g/mol. The summed E-state index contributed by atoms with van der Waals surface area (Å²) in [4.78, 5) is 27.2. The molecular weight excluding hydrogens is 390 g/mol. The van der Waals surface area contributed by atoms with E-state index in [9.17, 15) is 9.59 Å². The molecule has 2 heterocycles. The number of carbonyl (C=O) groups is 2. The Morgan fingerprint density at radius 3 is 2.83 bits per heavy atom. The molecule has 7 heteroatoms. The van der Waals surface area contributed by atoms with Crippen LogP contribution in [0.5, 0.6) is 0 Å². The van der Waals surface area contributed by atoms with Crippen molar-refractivity contribution in [2.75, 3.05) is 41.8 Å². The Bertz CT molecular complexity index is 912. The first-order chi connectivity index (χ1) is 14.1. The predicted molar refractivity (Wildman–Crippen MR) is 115 cm³/mol. The summed E-state index contributed by atoms with van der Waals surface area (Å²) < 4.78 is 5.41. The summed E-state index contributed by atoms with van der Waals surface area (Å²) in [5.41, 5.74) is 3.62. The molecule has 4 rings (SSSR count). The molecule has 1 atom stereocenters. The summed E-state index contributed by atoms with van der Waals surface area (Å²) in [6.07, 6.45) is 1.43. The van der Waals surface area contributed by atoms with Crippen LogP contribution in [0.2, 0.25) is 5.02 Å². The fraction of sp³-hybridized carbons (Fsp3) is 0.364. The fourth-order valence-corrected chi connectivity index (χ4v) is 4.02. The van der Waals surface area contributed by atoms with Gasteiger partial charge in [-0.1, -0.05) is 29.8 Å². The minimum atomic E-state index is -0.200. The van der Waals surface area contributed by atoms with Gasteiger partial charge in [-0.15, -0.1) is 0 Å². The lowest BCUT2D eigenvalue weighted by Gasteiger charge is -2.30. The van der Waals surface area contributed by atoms with Gasteiger partial charge in [0.15, 0.2) is 0 Å². The van der Waals surface area contributed by atoms with Crippen LogP contribution in [-0.4, -0.2) is 38.1 Å². The molecule has 2 aromatic carbocycles. The van der Waals surface area contributed by atoms with Crippen molar-refractivity contribution in [1.29, 1.82) is 0 Å². The first-order valence-electron chi connectivity index (χ1n) is 9.91. The van der Waals surface area contributed by atoms with Gasteiger partial charge in [0, 0.05) is 36.1 Å². The molecule has 152 valence electrons. The lowest BCUT2D eigenvalue weighted by molar-refractivity contribution is -0.121. The Balaban J connectivity index is 1.39. The molecule has 0 aromatic heterocycles. The largest absolute Gasteiger partial charge is 0.378 e. The van der Waals surface area contributed by atoms with E-state index in [0.29, 0.717) is 36.8 Å². The van der Waals surface area contributed by atoms with Gasteiger partial charge < -0.3 is 20.3 Å². The highest BCUT2D eigenvalue weighted by Crippen LogP contribution is 2.31. The Hall–Kier alpha value is -2.57. The first kappa shape index (κ1) is 19.7. The molecule has 1 fully saturated rings. The molecule has 0 saturated carbocycles. The van der Waals surface area contributed by atoms with E-state index in [1.165, 1.54) is 0 Å². The number of hydrogen-bond acceptors (Lipinski definition) is 4. The third-order valence-electron chi connectivity index (χ3n) is 5.42. The molecule has 0 spiro atoms. The summed E-state index contributed by atoms with van der Waals surface area (Å²) in [5.74, 6) is -0.338. The number of nitrogens with zero attached hydrogens (tertiary/aromatic N) is 1. The number of nitrogens with one attached hydrogen (secondary N) is 2. The molecule has 2 aliphatic rings. The van der Waals surface area contributed by atoms with Crippen molar-refractivity contribution in [2.45, 2.75) is 19.3 Å². The summed E-state index contributed by atoms with van der Waals surface area (Å²) in [5, 5.41) is 6.49. The van der Waals surface area contributed by atoms with E-state index in [1.807, 2.05) is 36.4 Å². The van der Waals surface area contributed by atoms with Crippen LogP contribution in [-0.2, 0) is 20.7 Å². The van der Waals surface area contributed by atoms with Crippen LogP contribution in [0.3, 0.4) is 0 Å². The van der Waals surface area contributed by atoms with Crippen LogP contribution < -0.4 is 15.5 Å². The molecular formula is C22H24ClN3O3. The predicted octanol–water partition coefficient (Wildman–Crippen LogP) is 3.71. The maximum Gasteiger partial charge on any atom is 0.227 e. The highest BCUT2D eigenvalue weighted by atomic mass is 35.5. The van der Waals surface area contributed by atoms with Gasteiger partial charge in [-0.05, 0) is 42.7 Å². The zero-order valence-corrected chi connectivity index (χ0v) is 16.9. The average Bonchev–Trinajstić information content (AvgIpc) is 2.73. The van der Waals surface area contributed by atoms with E-state index in [1.54, 1.807) is 6.07 Å². The third-order valence-corrected chi connectivity index (χ3v) is 5.65. The number of benzene rings is 2. The van der Waals surface area contributed by atoms with Gasteiger partial charge in [0.1, 0.15) is 0 Å². The van der Waals surface area contributed by atoms with Crippen LogP contribution in [0.25, 0.3) is 0 Å². The number of hydrogen-bond donors (Lipinski definition) is 2. The van der Waals surface area contributed by atoms with E-state index >= 15 is 0 Å². The van der Waals surface area contributed by atoms with Gasteiger partial charge in [-0.25, -0.2) is 0 Å². The smallest absolute Gasteiger partial charge is 0.227 e. The number of halogens is 1. The van der Waals surface area contributed by atoms with Crippen LogP contribution in [0, 0.1) is 5.92 Å². The topological polar surface area (TPSA) is 70.7 Å². The van der Waals surface area contributed by atoms with Crippen molar-refractivity contribution in [3.63, 3.8) is 0 Å². The van der Waals surface area contributed by atoms with E-state index in [4.69, 9.17) is 16.3 Å². The van der Waals surface area contributed by atoms with Gasteiger partial charge in [-0.3, -0.25) is 9.59 Å². The molecule has 2 amide bonds. The van der Waals surface area contributed by atoms with E-state index < -0.39 is 0 Å². The van der Waals surface area contributed by atoms with E-state index in [2.05, 4.69) is 15.5 Å². The van der Waals surface area contributed by atoms with Gasteiger partial charge >= 0.3 is 0 Å². The Kier molecular flexibility index (Phi) is 6.02. The average molecular weight is 414 g/mol. The van der Waals surface area contributed by atoms with Gasteiger partial charge in [-0.2, -0.15) is 0 Å². The second-order valence-corrected chi connectivity index (χ2v) is 7.83. The Morgan fingerprint density at radius 1 is 1.21 bits per heavy atom. The van der Waals surface area contributed by atoms with Crippen LogP contribution in [0.1, 0.15) is 18.4 Å². The molecule has 29 heavy (non-hydrogen) atoms. The third kappa shape index (κ3) is 4.71. The summed E-state index contributed by atoms with van der Waals surface area (Å²) in [6.45, 7) is 2.86. The zero-order valence-electron chi connectivity index (χ0n) is 16.1. The summed E-state index contributed by atoms with van der Waals surface area (Å²) >= 11 is 6.16. The number of rotatable bonds is 5. The standard InChI is InChI=1S/C22H24ClN3O3/c23-17-6-7-20(26-9-11-29-12-10-26)19(14-17)24-21(27)8-5-16-13-15-3-1-2-4-18(15)25-22(16)28/h1-4,6-7,14,16H,5,8-13H2,(H,24,27)(H,25,28). The van der Waals surface area contributed by atoms with E-state index in [-0.39, 0.29) is 24.2 Å². The SMILES string of the molecule is O=C(CCC1Cc2ccccc2NC1=O)Nc1cc(Cl)ccc1N1CCOCC1. The first-order valence-corrected chi connectivity index (χ1v) is 10.3. The second kappa shape index (κ2) is 8.84.